The Morgan fingerprint density at radius 3 is 2.76 bits per heavy atom. The van der Waals surface area contributed by atoms with Crippen LogP contribution in [-0.4, -0.2) is 36.6 Å². The number of aromatic nitrogens is 1. The maximum atomic E-state index is 11.2. The van der Waals surface area contributed by atoms with Gasteiger partial charge in [-0.1, -0.05) is 13.3 Å². The molecule has 0 N–H and O–H groups in total. The van der Waals surface area contributed by atoms with Gasteiger partial charge in [0.15, 0.2) is 0 Å². The summed E-state index contributed by atoms with van der Waals surface area (Å²) in [6.45, 7) is 4.05. The number of ether oxygens (including phenoxy) is 1. The molecule has 0 unspecified atom stereocenters. The van der Waals surface area contributed by atoms with Crippen LogP contribution >= 0.6 is 0 Å². The quantitative estimate of drug-likeness (QED) is 0.709. The van der Waals surface area contributed by atoms with Crippen molar-refractivity contribution in [2.45, 2.75) is 26.3 Å². The van der Waals surface area contributed by atoms with Crippen LogP contribution in [0.1, 0.15) is 35.8 Å². The molecule has 0 amide bonds. The third-order valence-electron chi connectivity index (χ3n) is 2.57. The van der Waals surface area contributed by atoms with Gasteiger partial charge < -0.3 is 9.64 Å². The van der Waals surface area contributed by atoms with E-state index >= 15 is 0 Å². The molecular formula is C13H20N2O2. The van der Waals surface area contributed by atoms with E-state index < -0.39 is 0 Å². The van der Waals surface area contributed by atoms with Crippen LogP contribution in [0.2, 0.25) is 0 Å². The molecule has 94 valence electrons. The smallest absolute Gasteiger partial charge is 0.339 e. The molecule has 0 bridgehead atoms. The number of methoxy groups -OCH3 is 1. The minimum absolute atomic E-state index is 0.344. The first-order chi connectivity index (χ1) is 8.17. The topological polar surface area (TPSA) is 42.4 Å². The van der Waals surface area contributed by atoms with E-state index in [0.29, 0.717) is 5.56 Å². The van der Waals surface area contributed by atoms with E-state index in [1.807, 2.05) is 6.07 Å². The zero-order chi connectivity index (χ0) is 12.7. The molecule has 1 heterocycles. The van der Waals surface area contributed by atoms with Crippen molar-refractivity contribution in [3.63, 3.8) is 0 Å². The summed E-state index contributed by atoms with van der Waals surface area (Å²) in [5.74, 6) is -0.344. The first kappa shape index (κ1) is 13.6. The fraction of sp³-hybridized carbons (Fsp3) is 0.538. The number of hydrogen-bond donors (Lipinski definition) is 0. The Balaban J connectivity index is 2.53. The van der Waals surface area contributed by atoms with Crippen molar-refractivity contribution in [2.75, 3.05) is 20.7 Å². The van der Waals surface area contributed by atoms with Gasteiger partial charge in [-0.05, 0) is 32.1 Å². The largest absolute Gasteiger partial charge is 0.465 e. The van der Waals surface area contributed by atoms with Crippen LogP contribution in [0.5, 0.6) is 0 Å². The Labute approximate surface area is 103 Å². The molecule has 1 rings (SSSR count). The van der Waals surface area contributed by atoms with Crippen molar-refractivity contribution >= 4 is 5.97 Å². The van der Waals surface area contributed by atoms with Gasteiger partial charge in [-0.3, -0.25) is 4.98 Å². The van der Waals surface area contributed by atoms with Gasteiger partial charge in [0.2, 0.25) is 0 Å². The lowest BCUT2D eigenvalue weighted by molar-refractivity contribution is 0.0600. The van der Waals surface area contributed by atoms with Crippen LogP contribution in [0.25, 0.3) is 0 Å². The number of hydrogen-bond acceptors (Lipinski definition) is 4. The summed E-state index contributed by atoms with van der Waals surface area (Å²) < 4.78 is 4.62. The second kappa shape index (κ2) is 7.01. The third kappa shape index (κ3) is 4.53. The fourth-order valence-corrected chi connectivity index (χ4v) is 1.54. The monoisotopic (exact) mass is 236 g/mol. The van der Waals surface area contributed by atoms with Gasteiger partial charge in [-0.15, -0.1) is 0 Å². The Bertz CT molecular complexity index is 349. The predicted molar refractivity (Wildman–Crippen MR) is 66.8 cm³/mol. The Morgan fingerprint density at radius 2 is 2.24 bits per heavy atom. The molecule has 17 heavy (non-hydrogen) atoms. The van der Waals surface area contributed by atoms with Gasteiger partial charge in [0.1, 0.15) is 0 Å². The van der Waals surface area contributed by atoms with Gasteiger partial charge in [0.05, 0.1) is 18.4 Å². The molecule has 0 aromatic carbocycles. The van der Waals surface area contributed by atoms with Gasteiger partial charge in [-0.25, -0.2) is 4.79 Å². The normalized spacial score (nSPS) is 10.6. The highest BCUT2D eigenvalue weighted by atomic mass is 16.5. The molecule has 0 radical (unpaired) electrons. The molecule has 0 saturated heterocycles. The van der Waals surface area contributed by atoms with E-state index in [0.717, 1.165) is 18.8 Å². The number of carbonyl (C=O) groups is 1. The zero-order valence-electron chi connectivity index (χ0n) is 10.8. The standard InChI is InChI=1S/C13H20N2O2/c1-4-5-8-15(2)10-12-7-6-11(9-14-12)13(16)17-3/h6-7,9H,4-5,8,10H2,1-3H3. The molecule has 0 aliphatic rings. The molecule has 0 saturated carbocycles. The third-order valence-corrected chi connectivity index (χ3v) is 2.57. The number of nitrogens with zero attached hydrogens (tertiary/aromatic N) is 2. The molecule has 0 aliphatic heterocycles. The second-order valence-corrected chi connectivity index (χ2v) is 4.12. The van der Waals surface area contributed by atoms with E-state index in [1.165, 1.54) is 20.0 Å². The lowest BCUT2D eigenvalue weighted by atomic mass is 10.2. The number of esters is 1. The van der Waals surface area contributed by atoms with E-state index in [-0.39, 0.29) is 5.97 Å². The van der Waals surface area contributed by atoms with Crippen molar-refractivity contribution < 1.29 is 9.53 Å². The lowest BCUT2D eigenvalue weighted by Gasteiger charge is -2.15. The van der Waals surface area contributed by atoms with Crippen LogP contribution < -0.4 is 0 Å². The highest BCUT2D eigenvalue weighted by molar-refractivity contribution is 5.88. The van der Waals surface area contributed by atoms with Crippen molar-refractivity contribution in [1.82, 2.24) is 9.88 Å². The predicted octanol–water partition coefficient (Wildman–Crippen LogP) is 2.10. The first-order valence-electron chi connectivity index (χ1n) is 5.89. The highest BCUT2D eigenvalue weighted by Crippen LogP contribution is 2.05. The minimum Gasteiger partial charge on any atom is -0.465 e. The summed E-state index contributed by atoms with van der Waals surface area (Å²) in [5, 5.41) is 0. The van der Waals surface area contributed by atoms with Gasteiger partial charge in [0.25, 0.3) is 0 Å². The van der Waals surface area contributed by atoms with Crippen LogP contribution in [0, 0.1) is 0 Å². The lowest BCUT2D eigenvalue weighted by Crippen LogP contribution is -2.19. The summed E-state index contributed by atoms with van der Waals surface area (Å²) >= 11 is 0. The highest BCUT2D eigenvalue weighted by Gasteiger charge is 2.06. The Kier molecular flexibility index (Phi) is 5.63. The number of unbranched alkanes of at least 4 members (excludes halogenated alkanes) is 1. The summed E-state index contributed by atoms with van der Waals surface area (Å²) in [4.78, 5) is 17.7. The van der Waals surface area contributed by atoms with Crippen molar-refractivity contribution in [1.29, 1.82) is 0 Å². The van der Waals surface area contributed by atoms with Gasteiger partial charge in [-0.2, -0.15) is 0 Å². The SMILES string of the molecule is CCCCN(C)Cc1ccc(C(=O)OC)cn1. The van der Waals surface area contributed by atoms with Gasteiger partial charge in [0, 0.05) is 12.7 Å². The summed E-state index contributed by atoms with van der Waals surface area (Å²) in [6, 6.07) is 3.62. The summed E-state index contributed by atoms with van der Waals surface area (Å²) in [6.07, 6.45) is 3.95. The second-order valence-electron chi connectivity index (χ2n) is 4.12. The van der Waals surface area contributed by atoms with E-state index in [4.69, 9.17) is 0 Å². The fourth-order valence-electron chi connectivity index (χ4n) is 1.54. The Morgan fingerprint density at radius 1 is 1.47 bits per heavy atom. The molecule has 0 aliphatic carbocycles. The molecule has 0 spiro atoms. The molecule has 4 nitrogen and oxygen atoms in total. The number of carbonyl (C=O) groups excluding carboxylic acids is 1. The minimum atomic E-state index is -0.344. The summed E-state index contributed by atoms with van der Waals surface area (Å²) in [5.41, 5.74) is 1.46. The van der Waals surface area contributed by atoms with Crippen LogP contribution in [0.15, 0.2) is 18.3 Å². The van der Waals surface area contributed by atoms with Crippen molar-refractivity contribution in [3.05, 3.63) is 29.6 Å². The van der Waals surface area contributed by atoms with E-state index in [1.54, 1.807) is 12.3 Å². The number of pyridine rings is 1. The molecule has 0 atom stereocenters. The molecule has 0 fully saturated rings. The Hall–Kier alpha value is -1.42. The molecule has 4 heteroatoms. The van der Waals surface area contributed by atoms with E-state index in [9.17, 15) is 4.79 Å². The van der Waals surface area contributed by atoms with Crippen LogP contribution in [0.3, 0.4) is 0 Å². The average molecular weight is 236 g/mol. The average Bonchev–Trinajstić information content (AvgIpc) is 2.36. The maximum absolute atomic E-state index is 11.2. The van der Waals surface area contributed by atoms with Gasteiger partial charge >= 0.3 is 5.97 Å². The van der Waals surface area contributed by atoms with E-state index in [2.05, 4.69) is 28.6 Å². The maximum Gasteiger partial charge on any atom is 0.339 e. The summed E-state index contributed by atoms with van der Waals surface area (Å²) in [7, 11) is 3.44. The molecular weight excluding hydrogens is 216 g/mol. The molecule has 1 aromatic rings. The van der Waals surface area contributed by atoms with Crippen LogP contribution in [0.4, 0.5) is 0 Å². The molecule has 1 aromatic heterocycles. The first-order valence-corrected chi connectivity index (χ1v) is 5.89. The van der Waals surface area contributed by atoms with Crippen LogP contribution in [-0.2, 0) is 11.3 Å². The van der Waals surface area contributed by atoms with Crippen molar-refractivity contribution in [3.8, 4) is 0 Å². The number of rotatable bonds is 6. The zero-order valence-corrected chi connectivity index (χ0v) is 10.8. The van der Waals surface area contributed by atoms with Crippen molar-refractivity contribution in [2.24, 2.45) is 0 Å².